The van der Waals surface area contributed by atoms with E-state index in [0.29, 0.717) is 0 Å². The van der Waals surface area contributed by atoms with Crippen LogP contribution in [0.1, 0.15) is 79.8 Å². The second kappa shape index (κ2) is 19.8. The first-order valence-electron chi connectivity index (χ1n) is 19.8. The Morgan fingerprint density at radius 3 is 1.19 bits per heavy atom. The van der Waals surface area contributed by atoms with Crippen LogP contribution in [0.15, 0.2) is 107 Å². The van der Waals surface area contributed by atoms with E-state index in [2.05, 4.69) is 9.97 Å². The lowest BCUT2D eigenvalue weighted by Gasteiger charge is -2.37. The summed E-state index contributed by atoms with van der Waals surface area (Å²) >= 11 is 12.6. The molecule has 6 aromatic rings. The molecule has 2 aromatic carbocycles. The molecule has 0 radical (unpaired) electrons. The van der Waals surface area contributed by atoms with Gasteiger partial charge in [0.05, 0.1) is 11.1 Å². The van der Waals surface area contributed by atoms with E-state index in [9.17, 15) is 55.7 Å². The Balaban J connectivity index is 0.000000254. The van der Waals surface area contributed by atoms with Crippen molar-refractivity contribution in [3.05, 3.63) is 173 Å². The molecule has 4 N–H and O–H groups in total. The summed E-state index contributed by atoms with van der Waals surface area (Å²) in [5, 5.41) is 39.6. The third-order valence-electron chi connectivity index (χ3n) is 11.0. The van der Waals surface area contributed by atoms with Gasteiger partial charge in [0.25, 0.3) is 11.1 Å². The van der Waals surface area contributed by atoms with E-state index in [-0.39, 0.29) is 66.7 Å². The summed E-state index contributed by atoms with van der Waals surface area (Å²) in [5.41, 5.74) is -8.65. The summed E-state index contributed by atoms with van der Waals surface area (Å²) in [6.07, 6.45) is -6.09. The van der Waals surface area contributed by atoms with Gasteiger partial charge in [-0.25, -0.2) is 19.6 Å². The van der Waals surface area contributed by atoms with Crippen LogP contribution in [0, 0.1) is 13.8 Å². The molecule has 4 atom stereocenters. The van der Waals surface area contributed by atoms with Crippen LogP contribution in [0.3, 0.4) is 0 Å². The molecule has 0 aliphatic rings. The van der Waals surface area contributed by atoms with Crippen LogP contribution in [-0.4, -0.2) is 63.8 Å². The largest absolute Gasteiger partial charge is 0.478 e. The Bertz CT molecular complexity index is 2730. The van der Waals surface area contributed by atoms with E-state index in [1.54, 1.807) is 0 Å². The minimum absolute atomic E-state index is 0.00506. The van der Waals surface area contributed by atoms with Crippen LogP contribution in [-0.2, 0) is 25.3 Å². The number of aromatic carboxylic acids is 2. The summed E-state index contributed by atoms with van der Waals surface area (Å²) in [6.45, 7) is 5.09. The highest BCUT2D eigenvalue weighted by molar-refractivity contribution is 6.32. The predicted octanol–water partition coefficient (Wildman–Crippen LogP) is 9.57. The zero-order valence-corrected chi connectivity index (χ0v) is 38.0. The van der Waals surface area contributed by atoms with Crippen LogP contribution >= 0.6 is 23.2 Å². The first-order chi connectivity index (χ1) is 31.5. The number of aliphatic hydroxyl groups is 2. The number of aryl methyl sites for hydroxylation is 4. The summed E-state index contributed by atoms with van der Waals surface area (Å²) in [6, 6.07) is 15.1. The summed E-state index contributed by atoms with van der Waals surface area (Å²) < 4.78 is 98.3. The van der Waals surface area contributed by atoms with E-state index in [0.717, 1.165) is 46.1 Å². The van der Waals surface area contributed by atoms with Crippen LogP contribution in [0.4, 0.5) is 26.3 Å². The molecule has 0 aliphatic heterocycles. The van der Waals surface area contributed by atoms with Crippen molar-refractivity contribution in [1.82, 2.24) is 19.1 Å². The van der Waals surface area contributed by atoms with E-state index in [4.69, 9.17) is 42.9 Å². The molecule has 0 saturated carbocycles. The van der Waals surface area contributed by atoms with Crippen molar-refractivity contribution in [3.63, 3.8) is 0 Å². The third kappa shape index (κ3) is 10.7. The maximum absolute atomic E-state index is 14.2. The summed E-state index contributed by atoms with van der Waals surface area (Å²) in [5.74, 6) is -5.05. The molecule has 0 saturated heterocycles. The number of carboxylic acids is 2. The maximum Gasteiger partial charge on any atom is 0.422 e. The highest BCUT2D eigenvalue weighted by Crippen LogP contribution is 2.51. The smallest absolute Gasteiger partial charge is 0.422 e. The fraction of sp³-hybridized carbons (Fsp3) is 0.261. The molecule has 0 amide bonds. The van der Waals surface area contributed by atoms with Crippen molar-refractivity contribution in [2.75, 3.05) is 0 Å². The molecule has 14 nitrogen and oxygen atoms in total. The second-order valence-electron chi connectivity index (χ2n) is 15.6. The number of aromatic nitrogens is 4. The van der Waals surface area contributed by atoms with Crippen LogP contribution < -0.4 is 20.6 Å². The van der Waals surface area contributed by atoms with E-state index in [1.165, 1.54) is 102 Å². The fourth-order valence-electron chi connectivity index (χ4n) is 7.16. The number of nitrogens with zero attached hydrogens (tertiary/aromatic N) is 4. The van der Waals surface area contributed by atoms with Crippen molar-refractivity contribution in [3.8, 4) is 23.3 Å². The van der Waals surface area contributed by atoms with Crippen molar-refractivity contribution >= 4 is 35.1 Å². The Hall–Kier alpha value is -6.74. The molecule has 6 rings (SSSR count). The lowest BCUT2D eigenvalue weighted by Crippen LogP contribution is -2.47. The monoisotopic (exact) mass is 992 g/mol. The number of benzene rings is 2. The molecule has 4 heterocycles. The topological polar surface area (TPSA) is 203 Å². The quantitative estimate of drug-likeness (QED) is 0.0847. The predicted molar refractivity (Wildman–Crippen MR) is 235 cm³/mol. The Labute approximate surface area is 392 Å². The Morgan fingerprint density at radius 1 is 0.603 bits per heavy atom. The zero-order chi connectivity index (χ0) is 50.8. The van der Waals surface area contributed by atoms with Gasteiger partial charge >= 0.3 is 24.3 Å². The number of hydrogen-bond acceptors (Lipinski definition) is 10. The lowest BCUT2D eigenvalue weighted by molar-refractivity contribution is -0.275. The average molecular weight is 994 g/mol. The average Bonchev–Trinajstić information content (AvgIpc) is 3.26. The first-order valence-corrected chi connectivity index (χ1v) is 20.5. The molecule has 0 spiro atoms. The van der Waals surface area contributed by atoms with Gasteiger partial charge in [0, 0.05) is 95.2 Å². The highest BCUT2D eigenvalue weighted by atomic mass is 35.5. The normalized spacial score (nSPS) is 14.4. The van der Waals surface area contributed by atoms with Crippen molar-refractivity contribution < 1.29 is 65.8 Å². The number of hydrogen-bond donors (Lipinski definition) is 4. The minimum atomic E-state index is -5.09. The second-order valence-corrected chi connectivity index (χ2v) is 16.4. The maximum atomic E-state index is 14.2. The Morgan fingerprint density at radius 2 is 0.941 bits per heavy atom. The lowest BCUT2D eigenvalue weighted by atomic mass is 9.78. The molecule has 0 aliphatic carbocycles. The minimum Gasteiger partial charge on any atom is -0.478 e. The molecule has 0 fully saturated rings. The van der Waals surface area contributed by atoms with E-state index in [1.807, 2.05) is 0 Å². The molecule has 4 aromatic heterocycles. The van der Waals surface area contributed by atoms with Crippen LogP contribution in [0.5, 0.6) is 23.3 Å². The number of carboxylic acid groups (broad SMARTS) is 2. The SMILES string of the molecule is Cc1cc([C@@](O)([C@@H](C)c2ccc(Oc3ccc(C(=O)O)cn3)cc2Cl)C(F)(F)F)cn(C)c1=O.Cc1cc([C@](O)([C@H](C)c2ccc(Oc3ccc(C(=O)O)cn3)cc2Cl)C(F)(F)F)cn(C)c1=O. The van der Waals surface area contributed by atoms with Gasteiger partial charge in [-0.15, -0.1) is 0 Å². The fourth-order valence-corrected chi connectivity index (χ4v) is 7.83. The van der Waals surface area contributed by atoms with Gasteiger partial charge in [-0.3, -0.25) is 9.59 Å². The van der Waals surface area contributed by atoms with Crippen molar-refractivity contribution in [2.24, 2.45) is 14.1 Å². The molecule has 0 bridgehead atoms. The number of rotatable bonds is 12. The Kier molecular flexibility index (Phi) is 15.2. The molecule has 360 valence electrons. The number of alkyl halides is 6. The molecule has 22 heteroatoms. The van der Waals surface area contributed by atoms with Crippen LogP contribution in [0.2, 0.25) is 10.0 Å². The van der Waals surface area contributed by atoms with Gasteiger partial charge in [0.15, 0.2) is 11.2 Å². The van der Waals surface area contributed by atoms with Gasteiger partial charge in [0.2, 0.25) is 11.8 Å². The highest BCUT2D eigenvalue weighted by Gasteiger charge is 2.60. The summed E-state index contributed by atoms with van der Waals surface area (Å²) in [4.78, 5) is 53.4. The molecular weight excluding hydrogens is 953 g/mol. The number of pyridine rings is 4. The standard InChI is InChI=1S/2C23H20ClF3N2O5/c2*1-12-8-15(11-29(3)20(12)30)22(33,23(25,26)27)13(2)17-6-5-16(9-18(17)24)34-19-7-4-14(10-28-19)21(31)32/h2*4-11,13,33H,1-3H3,(H,31,32)/t2*13-,22-/m10/s1. The third-order valence-corrected chi connectivity index (χ3v) is 11.7. The van der Waals surface area contributed by atoms with Gasteiger partial charge in [0.1, 0.15) is 11.5 Å². The van der Waals surface area contributed by atoms with Crippen molar-refractivity contribution in [2.45, 2.75) is 63.1 Å². The molecular formula is C46H40Cl2F6N4O10. The van der Waals surface area contributed by atoms with E-state index < -0.39 is 69.6 Å². The number of carbonyl (C=O) groups is 2. The molecule has 68 heavy (non-hydrogen) atoms. The zero-order valence-electron chi connectivity index (χ0n) is 36.4. The van der Waals surface area contributed by atoms with Gasteiger partial charge in [-0.1, -0.05) is 49.2 Å². The van der Waals surface area contributed by atoms with Gasteiger partial charge in [-0.05, 0) is 73.5 Å². The van der Waals surface area contributed by atoms with Crippen molar-refractivity contribution in [1.29, 1.82) is 0 Å². The van der Waals surface area contributed by atoms with Gasteiger partial charge in [-0.2, -0.15) is 26.3 Å². The van der Waals surface area contributed by atoms with Gasteiger partial charge < -0.3 is 39.0 Å². The summed E-state index contributed by atoms with van der Waals surface area (Å²) in [7, 11) is 2.60. The van der Waals surface area contributed by atoms with Crippen LogP contribution in [0.25, 0.3) is 0 Å². The van der Waals surface area contributed by atoms with E-state index >= 15 is 0 Å². The number of ether oxygens (including phenoxy) is 2. The first kappa shape index (κ1) is 52.2. The number of halogens is 8. The molecule has 0 unspecified atom stereocenters.